The van der Waals surface area contributed by atoms with Crippen molar-refractivity contribution in [2.24, 2.45) is 23.2 Å². The maximum atomic E-state index is 11.0. The first-order valence-corrected chi connectivity index (χ1v) is 14.3. The van der Waals surface area contributed by atoms with E-state index in [2.05, 4.69) is 44.7 Å². The van der Waals surface area contributed by atoms with Crippen molar-refractivity contribution in [3.63, 3.8) is 0 Å². The van der Waals surface area contributed by atoms with Crippen LogP contribution in [-0.4, -0.2) is 33.1 Å². The second-order valence-electron chi connectivity index (χ2n) is 12.7. The third-order valence-corrected chi connectivity index (χ3v) is 9.83. The maximum Gasteiger partial charge on any atom is 0.0809 e. The molecule has 0 saturated heterocycles. The summed E-state index contributed by atoms with van der Waals surface area (Å²) in [4.78, 5) is 0. The molecule has 0 heterocycles. The van der Waals surface area contributed by atoms with Gasteiger partial charge in [-0.3, -0.25) is 0 Å². The van der Waals surface area contributed by atoms with Crippen molar-refractivity contribution in [2.75, 3.05) is 0 Å². The predicted octanol–water partition coefficient (Wildman–Crippen LogP) is 6.93. The second kappa shape index (κ2) is 11.4. The number of aliphatic hydroxyl groups is 3. The molecule has 0 aliphatic heterocycles. The quantitative estimate of drug-likeness (QED) is 0.345. The topological polar surface area (TPSA) is 60.7 Å². The lowest BCUT2D eigenvalue weighted by Gasteiger charge is -2.44. The molecule has 0 aromatic heterocycles. The number of allylic oxidation sites excluding steroid dienone is 3. The Morgan fingerprint density at radius 1 is 1.11 bits per heavy atom. The Morgan fingerprint density at radius 3 is 2.50 bits per heavy atom. The minimum absolute atomic E-state index is 0.356. The Morgan fingerprint density at radius 2 is 1.81 bits per heavy atom. The van der Waals surface area contributed by atoms with Crippen LogP contribution in [0.1, 0.15) is 90.5 Å². The van der Waals surface area contributed by atoms with Crippen molar-refractivity contribution in [1.82, 2.24) is 0 Å². The van der Waals surface area contributed by atoms with E-state index in [1.54, 1.807) is 5.57 Å². The molecule has 0 amide bonds. The first kappa shape index (κ1) is 27.4. The van der Waals surface area contributed by atoms with E-state index in [9.17, 15) is 15.3 Å². The lowest BCUT2D eigenvalue weighted by molar-refractivity contribution is 0.0431. The lowest BCUT2D eigenvalue weighted by atomic mass is 9.60. The highest BCUT2D eigenvalue weighted by atomic mass is 16.3. The van der Waals surface area contributed by atoms with Gasteiger partial charge in [0.25, 0.3) is 0 Å². The monoisotopic (exact) mass is 492 g/mol. The number of aliphatic hydroxyl groups excluding tert-OH is 2. The summed E-state index contributed by atoms with van der Waals surface area (Å²) in [5.74, 6) is 2.05. The van der Waals surface area contributed by atoms with E-state index in [1.165, 1.54) is 44.1 Å². The van der Waals surface area contributed by atoms with E-state index in [4.69, 9.17) is 0 Å². The predicted molar refractivity (Wildman–Crippen MR) is 149 cm³/mol. The molecule has 0 radical (unpaired) electrons. The summed E-state index contributed by atoms with van der Waals surface area (Å²) in [7, 11) is 0. The smallest absolute Gasteiger partial charge is 0.0809 e. The molecule has 3 nitrogen and oxygen atoms in total. The van der Waals surface area contributed by atoms with Gasteiger partial charge in [0.1, 0.15) is 0 Å². The molecular formula is C33H48O3. The normalized spacial score (nSPS) is 34.3. The van der Waals surface area contributed by atoms with Gasteiger partial charge in [0, 0.05) is 6.42 Å². The first-order valence-electron chi connectivity index (χ1n) is 14.3. The van der Waals surface area contributed by atoms with Crippen LogP contribution in [0.25, 0.3) is 0 Å². The molecule has 4 unspecified atom stereocenters. The van der Waals surface area contributed by atoms with Gasteiger partial charge in [-0.15, -0.1) is 0 Å². The Labute approximate surface area is 219 Å². The molecule has 198 valence electrons. The van der Waals surface area contributed by atoms with E-state index in [1.807, 2.05) is 25.1 Å². The van der Waals surface area contributed by atoms with Crippen LogP contribution in [0.4, 0.5) is 0 Å². The van der Waals surface area contributed by atoms with Crippen molar-refractivity contribution in [1.29, 1.82) is 0 Å². The van der Waals surface area contributed by atoms with Crippen molar-refractivity contribution >= 4 is 0 Å². The molecule has 3 aliphatic rings. The molecule has 3 N–H and O–H groups in total. The highest BCUT2D eigenvalue weighted by Crippen LogP contribution is 2.60. The largest absolute Gasteiger partial charge is 0.390 e. The van der Waals surface area contributed by atoms with E-state index < -0.39 is 17.8 Å². The Bertz CT molecular complexity index is 942. The highest BCUT2D eigenvalue weighted by Gasteiger charge is 2.50. The van der Waals surface area contributed by atoms with Gasteiger partial charge in [-0.05, 0) is 92.6 Å². The fourth-order valence-electron chi connectivity index (χ4n) is 7.77. The number of hydrogen-bond donors (Lipinski definition) is 3. The molecule has 0 bridgehead atoms. The zero-order chi connectivity index (χ0) is 25.9. The van der Waals surface area contributed by atoms with Crippen LogP contribution in [-0.2, 0) is 6.42 Å². The SMILES string of the molecule is C=C1[C@H](O)CC(=C/C=C2/CCC[C@@]3(C)C2CCC3C(C)CCCC(C)(O)Cc2ccccc2)C[C@H]1O. The molecule has 1 aromatic rings. The van der Waals surface area contributed by atoms with E-state index in [-0.39, 0.29) is 0 Å². The fourth-order valence-corrected chi connectivity index (χ4v) is 7.77. The standard InChI is InChI=1S/C33H48O3/c1-23(10-8-18-32(3,36)22-25-11-6-5-7-12-25)28-16-17-29-27(13-9-19-33(28,29)4)15-14-26-20-30(34)24(2)31(35)21-26/h5-7,11-12,14-15,23,28-31,34-36H,2,8-10,13,16-22H2,1,3-4H3/b27-15-/t23?,28?,29?,30-,31-,32?,33-/m1/s1. The Kier molecular flexibility index (Phi) is 8.64. The Hall–Kier alpha value is -1.68. The third-order valence-electron chi connectivity index (χ3n) is 9.83. The van der Waals surface area contributed by atoms with E-state index >= 15 is 0 Å². The molecule has 36 heavy (non-hydrogen) atoms. The highest BCUT2D eigenvalue weighted by molar-refractivity contribution is 5.29. The lowest BCUT2D eigenvalue weighted by Crippen LogP contribution is -2.36. The van der Waals surface area contributed by atoms with Gasteiger partial charge in [0.15, 0.2) is 0 Å². The number of fused-ring (bicyclic) bond motifs is 1. The molecular weight excluding hydrogens is 444 g/mol. The van der Waals surface area contributed by atoms with Gasteiger partial charge < -0.3 is 15.3 Å². The molecule has 3 saturated carbocycles. The molecule has 3 heteroatoms. The van der Waals surface area contributed by atoms with Crippen molar-refractivity contribution in [3.8, 4) is 0 Å². The fraction of sp³-hybridized carbons (Fsp3) is 0.636. The van der Waals surface area contributed by atoms with Gasteiger partial charge >= 0.3 is 0 Å². The average Bonchev–Trinajstić information content (AvgIpc) is 3.19. The van der Waals surface area contributed by atoms with Crippen LogP contribution >= 0.6 is 0 Å². The van der Waals surface area contributed by atoms with Crippen LogP contribution < -0.4 is 0 Å². The minimum atomic E-state index is -0.649. The maximum absolute atomic E-state index is 11.0. The van der Waals surface area contributed by atoms with Crippen molar-refractivity contribution in [2.45, 2.75) is 109 Å². The van der Waals surface area contributed by atoms with Gasteiger partial charge in [0.2, 0.25) is 0 Å². The molecule has 7 atom stereocenters. The van der Waals surface area contributed by atoms with E-state index in [0.29, 0.717) is 35.7 Å². The van der Waals surface area contributed by atoms with Crippen LogP contribution in [0.15, 0.2) is 65.8 Å². The van der Waals surface area contributed by atoms with Gasteiger partial charge in [-0.25, -0.2) is 0 Å². The number of hydrogen-bond acceptors (Lipinski definition) is 3. The first-order chi connectivity index (χ1) is 17.1. The van der Waals surface area contributed by atoms with Crippen LogP contribution in [0.5, 0.6) is 0 Å². The molecule has 0 spiro atoms. The molecule has 4 rings (SSSR count). The Balaban J connectivity index is 1.35. The summed E-state index contributed by atoms with van der Waals surface area (Å²) >= 11 is 0. The summed E-state index contributed by atoms with van der Waals surface area (Å²) in [5.41, 5.74) is 4.18. The van der Waals surface area contributed by atoms with Crippen LogP contribution in [0.3, 0.4) is 0 Å². The van der Waals surface area contributed by atoms with Gasteiger partial charge in [-0.1, -0.05) is 86.9 Å². The van der Waals surface area contributed by atoms with Crippen LogP contribution in [0.2, 0.25) is 0 Å². The summed E-state index contributed by atoms with van der Waals surface area (Å²) < 4.78 is 0. The summed E-state index contributed by atoms with van der Waals surface area (Å²) in [6.45, 7) is 10.8. The second-order valence-corrected chi connectivity index (χ2v) is 12.7. The summed E-state index contributed by atoms with van der Waals surface area (Å²) in [5, 5.41) is 31.4. The number of benzene rings is 1. The molecule has 3 fully saturated rings. The van der Waals surface area contributed by atoms with Gasteiger partial charge in [0.05, 0.1) is 17.8 Å². The number of rotatable bonds is 8. The van der Waals surface area contributed by atoms with Crippen LogP contribution in [0, 0.1) is 23.2 Å². The summed E-state index contributed by atoms with van der Waals surface area (Å²) in [6.07, 6.45) is 14.6. The van der Waals surface area contributed by atoms with Crippen molar-refractivity contribution in [3.05, 3.63) is 71.3 Å². The molecule has 3 aliphatic carbocycles. The van der Waals surface area contributed by atoms with Gasteiger partial charge in [-0.2, -0.15) is 0 Å². The van der Waals surface area contributed by atoms with E-state index in [0.717, 1.165) is 30.8 Å². The molecule has 1 aromatic carbocycles. The third kappa shape index (κ3) is 6.23. The summed E-state index contributed by atoms with van der Waals surface area (Å²) in [6, 6.07) is 10.3. The van der Waals surface area contributed by atoms with Crippen molar-refractivity contribution < 1.29 is 15.3 Å². The minimum Gasteiger partial charge on any atom is -0.390 e. The average molecular weight is 493 g/mol. The zero-order valence-electron chi connectivity index (χ0n) is 22.8. The zero-order valence-corrected chi connectivity index (χ0v) is 22.8.